The van der Waals surface area contributed by atoms with Crippen molar-refractivity contribution in [2.75, 3.05) is 0 Å². The zero-order valence-corrected chi connectivity index (χ0v) is 10.2. The van der Waals surface area contributed by atoms with Crippen molar-refractivity contribution in [2.24, 2.45) is 5.84 Å². The van der Waals surface area contributed by atoms with Crippen molar-refractivity contribution in [1.82, 2.24) is 15.7 Å². The SMILES string of the molecule is C[C@H]1N[C@H](C(=O)NN)Cc2c1[nH]c1ccccc21. The van der Waals surface area contributed by atoms with Crippen molar-refractivity contribution in [3.63, 3.8) is 0 Å². The van der Waals surface area contributed by atoms with E-state index in [0.717, 1.165) is 11.2 Å². The molecular weight excluding hydrogens is 228 g/mol. The number of nitrogens with two attached hydrogens (primary N) is 1. The molecule has 2 aromatic rings. The summed E-state index contributed by atoms with van der Waals surface area (Å²) in [5.74, 6) is 5.04. The predicted octanol–water partition coefficient (Wildman–Crippen LogP) is 0.733. The first-order valence-corrected chi connectivity index (χ1v) is 6.06. The zero-order chi connectivity index (χ0) is 12.7. The fourth-order valence-electron chi connectivity index (χ4n) is 2.73. The Labute approximate surface area is 105 Å². The van der Waals surface area contributed by atoms with Gasteiger partial charge < -0.3 is 4.98 Å². The Morgan fingerprint density at radius 2 is 2.22 bits per heavy atom. The molecule has 5 nitrogen and oxygen atoms in total. The molecule has 5 heteroatoms. The van der Waals surface area contributed by atoms with Crippen LogP contribution in [0.5, 0.6) is 0 Å². The molecule has 0 saturated heterocycles. The maximum Gasteiger partial charge on any atom is 0.251 e. The second-order valence-electron chi connectivity index (χ2n) is 4.72. The molecular formula is C13H16N4O. The molecule has 0 aliphatic carbocycles. The molecule has 1 amide bonds. The molecule has 1 aromatic carbocycles. The largest absolute Gasteiger partial charge is 0.357 e. The fourth-order valence-corrected chi connectivity index (χ4v) is 2.73. The van der Waals surface area contributed by atoms with Crippen LogP contribution in [0.1, 0.15) is 24.2 Å². The van der Waals surface area contributed by atoms with Crippen LogP contribution in [-0.4, -0.2) is 16.9 Å². The van der Waals surface area contributed by atoms with E-state index in [1.54, 1.807) is 0 Å². The summed E-state index contributed by atoms with van der Waals surface area (Å²) in [6, 6.07) is 8.01. The summed E-state index contributed by atoms with van der Waals surface area (Å²) in [6.45, 7) is 2.05. The van der Waals surface area contributed by atoms with Gasteiger partial charge in [-0.3, -0.25) is 15.5 Å². The molecule has 2 atom stereocenters. The van der Waals surface area contributed by atoms with E-state index in [-0.39, 0.29) is 18.0 Å². The number of hydrogen-bond donors (Lipinski definition) is 4. The number of hydrazine groups is 1. The van der Waals surface area contributed by atoms with E-state index >= 15 is 0 Å². The minimum absolute atomic E-state index is 0.114. The van der Waals surface area contributed by atoms with Gasteiger partial charge in [-0.25, -0.2) is 5.84 Å². The predicted molar refractivity (Wildman–Crippen MR) is 69.7 cm³/mol. The number of H-pyrrole nitrogens is 1. The van der Waals surface area contributed by atoms with Crippen LogP contribution in [-0.2, 0) is 11.2 Å². The lowest BCUT2D eigenvalue weighted by Crippen LogP contribution is -2.50. The third-order valence-corrected chi connectivity index (χ3v) is 3.60. The molecule has 0 radical (unpaired) electrons. The van der Waals surface area contributed by atoms with Gasteiger partial charge in [0.15, 0.2) is 0 Å². The molecule has 0 saturated carbocycles. The summed E-state index contributed by atoms with van der Waals surface area (Å²) < 4.78 is 0. The number of para-hydroxylation sites is 1. The third kappa shape index (κ3) is 1.60. The molecule has 94 valence electrons. The average molecular weight is 244 g/mol. The monoisotopic (exact) mass is 244 g/mol. The van der Waals surface area contributed by atoms with E-state index in [1.165, 1.54) is 10.9 Å². The van der Waals surface area contributed by atoms with Gasteiger partial charge in [-0.05, 0) is 25.0 Å². The minimum atomic E-state index is -0.267. The van der Waals surface area contributed by atoms with Gasteiger partial charge in [-0.1, -0.05) is 18.2 Å². The molecule has 3 rings (SSSR count). The Bertz CT molecular complexity index is 604. The summed E-state index contributed by atoms with van der Waals surface area (Å²) in [6.07, 6.45) is 0.659. The van der Waals surface area contributed by atoms with E-state index in [1.807, 2.05) is 19.1 Å². The maximum absolute atomic E-state index is 11.7. The minimum Gasteiger partial charge on any atom is -0.357 e. The standard InChI is InChI=1S/C13H16N4O/c1-7-12-9(6-11(15-7)13(18)17-14)8-4-2-3-5-10(8)16-12/h2-5,7,11,15-16H,6,14H2,1H3,(H,17,18)/t7-,11+/m1/s1. The molecule has 18 heavy (non-hydrogen) atoms. The van der Waals surface area contributed by atoms with Crippen molar-refractivity contribution >= 4 is 16.8 Å². The fraction of sp³-hybridized carbons (Fsp3) is 0.308. The number of amides is 1. The maximum atomic E-state index is 11.7. The normalized spacial score (nSPS) is 22.8. The lowest BCUT2D eigenvalue weighted by atomic mass is 9.94. The Hall–Kier alpha value is -1.85. The Morgan fingerprint density at radius 1 is 1.44 bits per heavy atom. The number of aromatic nitrogens is 1. The molecule has 5 N–H and O–H groups in total. The first-order chi connectivity index (χ1) is 8.70. The van der Waals surface area contributed by atoms with Crippen molar-refractivity contribution in [2.45, 2.75) is 25.4 Å². The van der Waals surface area contributed by atoms with Gasteiger partial charge in [-0.2, -0.15) is 0 Å². The Kier molecular flexibility index (Phi) is 2.57. The Morgan fingerprint density at radius 3 is 3.00 bits per heavy atom. The average Bonchev–Trinajstić information content (AvgIpc) is 2.77. The van der Waals surface area contributed by atoms with E-state index in [4.69, 9.17) is 5.84 Å². The van der Waals surface area contributed by atoms with Gasteiger partial charge in [0.1, 0.15) is 0 Å². The van der Waals surface area contributed by atoms with E-state index in [2.05, 4.69) is 27.9 Å². The number of fused-ring (bicyclic) bond motifs is 3. The van der Waals surface area contributed by atoms with E-state index in [0.29, 0.717) is 6.42 Å². The molecule has 2 heterocycles. The molecule has 1 aromatic heterocycles. The lowest BCUT2D eigenvalue weighted by molar-refractivity contribution is -0.123. The highest BCUT2D eigenvalue weighted by Gasteiger charge is 2.30. The molecule has 0 spiro atoms. The van der Waals surface area contributed by atoms with E-state index < -0.39 is 0 Å². The highest BCUT2D eigenvalue weighted by atomic mass is 16.2. The van der Waals surface area contributed by atoms with Gasteiger partial charge in [-0.15, -0.1) is 0 Å². The Balaban J connectivity index is 2.09. The second kappa shape index (κ2) is 4.12. The molecule has 0 unspecified atom stereocenters. The quantitative estimate of drug-likeness (QED) is 0.339. The van der Waals surface area contributed by atoms with Crippen LogP contribution < -0.4 is 16.6 Å². The number of carbonyl (C=O) groups excluding carboxylic acids is 1. The number of rotatable bonds is 1. The summed E-state index contributed by atoms with van der Waals surface area (Å²) in [5.41, 5.74) is 5.71. The highest BCUT2D eigenvalue weighted by molar-refractivity contribution is 5.88. The summed E-state index contributed by atoms with van der Waals surface area (Å²) in [5, 5.41) is 4.45. The van der Waals surface area contributed by atoms with Gasteiger partial charge in [0, 0.05) is 22.6 Å². The molecule has 1 aliphatic rings. The van der Waals surface area contributed by atoms with Gasteiger partial charge in [0.2, 0.25) is 0 Å². The van der Waals surface area contributed by atoms with Crippen LogP contribution in [0.25, 0.3) is 10.9 Å². The number of aromatic amines is 1. The zero-order valence-electron chi connectivity index (χ0n) is 10.2. The van der Waals surface area contributed by atoms with Crippen LogP contribution in [0.4, 0.5) is 0 Å². The van der Waals surface area contributed by atoms with Crippen LogP contribution in [0.15, 0.2) is 24.3 Å². The van der Waals surface area contributed by atoms with Crippen molar-refractivity contribution in [1.29, 1.82) is 0 Å². The number of benzene rings is 1. The summed E-state index contributed by atoms with van der Waals surface area (Å²) >= 11 is 0. The summed E-state index contributed by atoms with van der Waals surface area (Å²) in [4.78, 5) is 15.1. The van der Waals surface area contributed by atoms with Crippen molar-refractivity contribution < 1.29 is 4.79 Å². The second-order valence-corrected chi connectivity index (χ2v) is 4.72. The topological polar surface area (TPSA) is 82.9 Å². The van der Waals surface area contributed by atoms with Gasteiger partial charge >= 0.3 is 0 Å². The van der Waals surface area contributed by atoms with Gasteiger partial charge in [0.05, 0.1) is 6.04 Å². The van der Waals surface area contributed by atoms with E-state index in [9.17, 15) is 4.79 Å². The van der Waals surface area contributed by atoms with Crippen molar-refractivity contribution in [3.8, 4) is 0 Å². The number of nitrogens with one attached hydrogen (secondary N) is 3. The van der Waals surface area contributed by atoms with Crippen LogP contribution in [0.3, 0.4) is 0 Å². The first-order valence-electron chi connectivity index (χ1n) is 6.06. The highest BCUT2D eigenvalue weighted by Crippen LogP contribution is 2.31. The molecule has 0 fully saturated rings. The lowest BCUT2D eigenvalue weighted by Gasteiger charge is -2.27. The summed E-state index contributed by atoms with van der Waals surface area (Å²) in [7, 11) is 0. The number of hydrogen-bond acceptors (Lipinski definition) is 3. The van der Waals surface area contributed by atoms with Crippen LogP contribution >= 0.6 is 0 Å². The van der Waals surface area contributed by atoms with Crippen LogP contribution in [0.2, 0.25) is 0 Å². The third-order valence-electron chi connectivity index (χ3n) is 3.60. The molecule has 1 aliphatic heterocycles. The first kappa shape index (κ1) is 11.3. The van der Waals surface area contributed by atoms with Gasteiger partial charge in [0.25, 0.3) is 5.91 Å². The number of carbonyl (C=O) groups is 1. The molecule has 0 bridgehead atoms. The van der Waals surface area contributed by atoms with Crippen molar-refractivity contribution in [3.05, 3.63) is 35.5 Å². The smallest absolute Gasteiger partial charge is 0.251 e. The van der Waals surface area contributed by atoms with Crippen LogP contribution in [0, 0.1) is 0 Å².